The summed E-state index contributed by atoms with van der Waals surface area (Å²) < 4.78 is 0. The van der Waals surface area contributed by atoms with E-state index in [9.17, 15) is 4.79 Å². The standard InChI is InChI=1S/C27H38N6O/c1-2-23-24(33-13-3-4-20(28)17-33)16-30-26(27(29)34)25(23)31-21-7-5-18(6-8-21)19-11-14-32(15-12-19)22-9-10-22/h5-8,16,19-20,22,31H,2-4,9-15,17,28H2,1H3,(H2,29,34). The molecule has 5 rings (SSSR count). The van der Waals surface area contributed by atoms with Crippen LogP contribution in [0.1, 0.15) is 73.0 Å². The molecule has 1 aromatic heterocycles. The molecule has 1 aromatic carbocycles. The number of amides is 1. The Morgan fingerprint density at radius 2 is 1.82 bits per heavy atom. The van der Waals surface area contributed by atoms with E-state index in [4.69, 9.17) is 11.5 Å². The smallest absolute Gasteiger partial charge is 0.269 e. The van der Waals surface area contributed by atoms with Crippen LogP contribution in [0.3, 0.4) is 0 Å². The lowest BCUT2D eigenvalue weighted by Gasteiger charge is -2.34. The Bertz CT molecular complexity index is 1010. The molecular weight excluding hydrogens is 424 g/mol. The summed E-state index contributed by atoms with van der Waals surface area (Å²) in [4.78, 5) is 21.7. The zero-order valence-corrected chi connectivity index (χ0v) is 20.3. The number of nitrogens with one attached hydrogen (secondary N) is 1. The fourth-order valence-electron chi connectivity index (χ4n) is 5.74. The van der Waals surface area contributed by atoms with Gasteiger partial charge in [0.25, 0.3) is 5.91 Å². The van der Waals surface area contributed by atoms with Crippen molar-refractivity contribution in [2.45, 2.75) is 69.9 Å². The highest BCUT2D eigenvalue weighted by atomic mass is 16.1. The van der Waals surface area contributed by atoms with Crippen LogP contribution in [-0.4, -0.2) is 54.1 Å². The van der Waals surface area contributed by atoms with Crippen molar-refractivity contribution in [2.75, 3.05) is 36.4 Å². The maximum absolute atomic E-state index is 12.2. The number of primary amides is 1. The van der Waals surface area contributed by atoms with Crippen molar-refractivity contribution < 1.29 is 4.79 Å². The first kappa shape index (κ1) is 23.1. The molecule has 7 heteroatoms. The molecule has 3 fully saturated rings. The molecule has 0 bridgehead atoms. The van der Waals surface area contributed by atoms with E-state index < -0.39 is 5.91 Å². The fraction of sp³-hybridized carbons (Fsp3) is 0.556. The minimum Gasteiger partial charge on any atom is -0.368 e. The molecule has 0 spiro atoms. The number of nitrogens with two attached hydrogens (primary N) is 2. The fourth-order valence-corrected chi connectivity index (χ4v) is 5.74. The number of anilines is 3. The number of pyridine rings is 1. The van der Waals surface area contributed by atoms with Gasteiger partial charge in [0.1, 0.15) is 0 Å². The second kappa shape index (κ2) is 9.92. The third-order valence-electron chi connectivity index (χ3n) is 7.79. The van der Waals surface area contributed by atoms with E-state index in [-0.39, 0.29) is 6.04 Å². The number of nitrogens with zero attached hydrogens (tertiary/aromatic N) is 3. The monoisotopic (exact) mass is 462 g/mol. The van der Waals surface area contributed by atoms with E-state index in [0.717, 1.165) is 61.0 Å². The average Bonchev–Trinajstić information content (AvgIpc) is 3.70. The highest BCUT2D eigenvalue weighted by Gasteiger charge is 2.32. The van der Waals surface area contributed by atoms with Crippen LogP contribution in [0.25, 0.3) is 0 Å². The predicted molar refractivity (Wildman–Crippen MR) is 138 cm³/mol. The highest BCUT2D eigenvalue weighted by molar-refractivity contribution is 5.99. The van der Waals surface area contributed by atoms with Crippen LogP contribution in [0.2, 0.25) is 0 Å². The first-order valence-electron chi connectivity index (χ1n) is 13.0. The molecular formula is C27H38N6O. The van der Waals surface area contributed by atoms with Crippen molar-refractivity contribution in [3.8, 4) is 0 Å². The molecule has 7 nitrogen and oxygen atoms in total. The van der Waals surface area contributed by atoms with Gasteiger partial charge in [-0.15, -0.1) is 0 Å². The number of carbonyl (C=O) groups is 1. The molecule has 1 unspecified atom stereocenters. The summed E-state index contributed by atoms with van der Waals surface area (Å²) in [7, 11) is 0. The van der Waals surface area contributed by atoms with Crippen molar-refractivity contribution in [1.29, 1.82) is 0 Å². The van der Waals surface area contributed by atoms with Crippen molar-refractivity contribution in [2.24, 2.45) is 11.5 Å². The van der Waals surface area contributed by atoms with Gasteiger partial charge in [0.2, 0.25) is 0 Å². The largest absolute Gasteiger partial charge is 0.368 e. The Hall–Kier alpha value is -2.64. The summed E-state index contributed by atoms with van der Waals surface area (Å²) in [5.41, 5.74) is 17.4. The molecule has 1 saturated carbocycles. The van der Waals surface area contributed by atoms with Gasteiger partial charge in [-0.2, -0.15) is 0 Å². The SMILES string of the molecule is CCc1c(N2CCCC(N)C2)cnc(C(N)=O)c1Nc1ccc(C2CCN(C3CC3)CC2)cc1. The highest BCUT2D eigenvalue weighted by Crippen LogP contribution is 2.36. The third kappa shape index (κ3) is 4.91. The molecule has 3 aliphatic rings. The molecule has 5 N–H and O–H groups in total. The van der Waals surface area contributed by atoms with E-state index in [1.54, 1.807) is 6.20 Å². The van der Waals surface area contributed by atoms with Gasteiger partial charge in [-0.25, -0.2) is 4.98 Å². The number of benzene rings is 1. The number of piperidine rings is 2. The summed E-state index contributed by atoms with van der Waals surface area (Å²) >= 11 is 0. The molecule has 34 heavy (non-hydrogen) atoms. The Morgan fingerprint density at radius 3 is 2.44 bits per heavy atom. The van der Waals surface area contributed by atoms with Crippen molar-refractivity contribution in [3.63, 3.8) is 0 Å². The van der Waals surface area contributed by atoms with Gasteiger partial charge in [0.15, 0.2) is 5.69 Å². The summed E-state index contributed by atoms with van der Waals surface area (Å²) in [5, 5.41) is 3.50. The van der Waals surface area contributed by atoms with Gasteiger partial charge in [-0.05, 0) is 81.6 Å². The molecule has 2 aliphatic heterocycles. The lowest BCUT2D eigenvalue weighted by molar-refractivity contribution is 0.0996. The molecule has 1 amide bonds. The second-order valence-electron chi connectivity index (χ2n) is 10.2. The summed E-state index contributed by atoms with van der Waals surface area (Å²) in [5.74, 6) is 0.114. The predicted octanol–water partition coefficient (Wildman–Crippen LogP) is 3.76. The lowest BCUT2D eigenvalue weighted by atomic mass is 9.89. The van der Waals surface area contributed by atoms with Gasteiger partial charge in [0, 0.05) is 36.4 Å². The summed E-state index contributed by atoms with van der Waals surface area (Å²) in [6, 6.07) is 9.73. The van der Waals surface area contributed by atoms with Crippen LogP contribution < -0.4 is 21.7 Å². The number of hydrogen-bond acceptors (Lipinski definition) is 6. The lowest BCUT2D eigenvalue weighted by Crippen LogP contribution is -2.43. The van der Waals surface area contributed by atoms with E-state index in [2.05, 4.69) is 51.3 Å². The quantitative estimate of drug-likeness (QED) is 0.579. The molecule has 1 aliphatic carbocycles. The van der Waals surface area contributed by atoms with Gasteiger partial charge in [0.05, 0.1) is 17.6 Å². The molecule has 0 radical (unpaired) electrons. The third-order valence-corrected chi connectivity index (χ3v) is 7.79. The van der Waals surface area contributed by atoms with E-state index in [1.807, 2.05) is 0 Å². The number of likely N-dealkylation sites (tertiary alicyclic amines) is 1. The molecule has 2 saturated heterocycles. The number of rotatable bonds is 7. The molecule has 3 heterocycles. The Balaban J connectivity index is 1.36. The van der Waals surface area contributed by atoms with Gasteiger partial charge < -0.3 is 26.6 Å². The van der Waals surface area contributed by atoms with Crippen LogP contribution in [0.5, 0.6) is 0 Å². The van der Waals surface area contributed by atoms with E-state index in [1.165, 1.54) is 44.3 Å². The van der Waals surface area contributed by atoms with Crippen molar-refractivity contribution >= 4 is 23.0 Å². The summed E-state index contributed by atoms with van der Waals surface area (Å²) in [6.07, 6.45) is 9.91. The first-order valence-corrected chi connectivity index (χ1v) is 13.0. The van der Waals surface area contributed by atoms with E-state index in [0.29, 0.717) is 11.6 Å². The summed E-state index contributed by atoms with van der Waals surface area (Å²) in [6.45, 7) is 6.30. The van der Waals surface area contributed by atoms with Crippen molar-refractivity contribution in [3.05, 3.63) is 47.3 Å². The topological polar surface area (TPSA) is 101 Å². The number of hydrogen-bond donors (Lipinski definition) is 3. The van der Waals surface area contributed by atoms with Gasteiger partial charge in [-0.3, -0.25) is 4.79 Å². The molecule has 1 atom stereocenters. The molecule has 182 valence electrons. The number of aromatic nitrogens is 1. The van der Waals surface area contributed by atoms with Crippen molar-refractivity contribution in [1.82, 2.24) is 9.88 Å². The van der Waals surface area contributed by atoms with E-state index >= 15 is 0 Å². The van der Waals surface area contributed by atoms with Crippen LogP contribution >= 0.6 is 0 Å². The van der Waals surface area contributed by atoms with Crippen LogP contribution in [0, 0.1) is 0 Å². The Morgan fingerprint density at radius 1 is 1.09 bits per heavy atom. The van der Waals surface area contributed by atoms with Crippen LogP contribution in [0.15, 0.2) is 30.5 Å². The van der Waals surface area contributed by atoms with Crippen LogP contribution in [0.4, 0.5) is 17.1 Å². The minimum atomic E-state index is -0.516. The normalized spacial score (nSPS) is 22.1. The molecule has 2 aromatic rings. The Labute approximate surface area is 202 Å². The zero-order chi connectivity index (χ0) is 23.7. The maximum atomic E-state index is 12.2. The maximum Gasteiger partial charge on any atom is 0.269 e. The van der Waals surface area contributed by atoms with Gasteiger partial charge >= 0.3 is 0 Å². The van der Waals surface area contributed by atoms with Crippen LogP contribution in [-0.2, 0) is 6.42 Å². The average molecular weight is 463 g/mol. The first-order chi connectivity index (χ1) is 16.5. The number of carbonyl (C=O) groups excluding carboxylic acids is 1. The zero-order valence-electron chi connectivity index (χ0n) is 20.3. The Kier molecular flexibility index (Phi) is 6.75. The van der Waals surface area contributed by atoms with Gasteiger partial charge in [-0.1, -0.05) is 19.1 Å². The second-order valence-corrected chi connectivity index (χ2v) is 10.2. The minimum absolute atomic E-state index is 0.161.